The van der Waals surface area contributed by atoms with Gasteiger partial charge in [0, 0.05) is 29.7 Å². The number of carbonyl (C=O) groups excluding carboxylic acids is 2. The fourth-order valence-corrected chi connectivity index (χ4v) is 4.10. The second-order valence-electron chi connectivity index (χ2n) is 9.18. The molecule has 2 amide bonds. The van der Waals surface area contributed by atoms with E-state index in [1.54, 1.807) is 0 Å². The van der Waals surface area contributed by atoms with E-state index in [0.29, 0.717) is 13.0 Å². The van der Waals surface area contributed by atoms with Crippen molar-refractivity contribution < 1.29 is 14.3 Å². The summed E-state index contributed by atoms with van der Waals surface area (Å²) in [7, 11) is 0. The zero-order valence-corrected chi connectivity index (χ0v) is 18.6. The molecule has 0 bridgehead atoms. The maximum absolute atomic E-state index is 12.7. The molecule has 0 unspecified atom stereocenters. The van der Waals surface area contributed by atoms with Gasteiger partial charge >= 0.3 is 6.09 Å². The zero-order valence-electron chi connectivity index (χ0n) is 18.6. The van der Waals surface area contributed by atoms with Crippen molar-refractivity contribution in [3.05, 3.63) is 71.9 Å². The summed E-state index contributed by atoms with van der Waals surface area (Å²) in [5, 5.41) is 10.6. The first kappa shape index (κ1) is 21.9. The number of H-pyrrole nitrogens is 1. The fourth-order valence-electron chi connectivity index (χ4n) is 4.10. The number of aromatic amines is 1. The normalized spacial score (nSPS) is 19.9. The van der Waals surface area contributed by atoms with Crippen LogP contribution in [0.3, 0.4) is 0 Å². The van der Waals surface area contributed by atoms with Gasteiger partial charge in [-0.1, -0.05) is 48.5 Å². The van der Waals surface area contributed by atoms with Crippen molar-refractivity contribution >= 4 is 22.9 Å². The van der Waals surface area contributed by atoms with E-state index in [-0.39, 0.29) is 18.0 Å². The highest BCUT2D eigenvalue weighted by atomic mass is 16.6. The summed E-state index contributed by atoms with van der Waals surface area (Å²) in [6.45, 7) is 5.92. The Kier molecular flexibility index (Phi) is 6.19. The Morgan fingerprint density at radius 2 is 1.84 bits per heavy atom. The summed E-state index contributed by atoms with van der Waals surface area (Å²) in [6, 6.07) is 16.7. The molecule has 32 heavy (non-hydrogen) atoms. The number of rotatable bonds is 5. The Morgan fingerprint density at radius 1 is 1.12 bits per heavy atom. The number of ether oxygens (including phenoxy) is 1. The lowest BCUT2D eigenvalue weighted by molar-refractivity contribution is -0.125. The third-order valence-electron chi connectivity index (χ3n) is 5.57. The number of aromatic nitrogens is 1. The number of fused-ring (bicyclic) bond motifs is 1. The monoisotopic (exact) mass is 434 g/mol. The van der Waals surface area contributed by atoms with Gasteiger partial charge in [-0.2, -0.15) is 0 Å². The van der Waals surface area contributed by atoms with Gasteiger partial charge in [-0.3, -0.25) is 10.1 Å². The second-order valence-corrected chi connectivity index (χ2v) is 9.18. The first-order chi connectivity index (χ1) is 15.3. The molecule has 3 atom stereocenters. The topological polar surface area (TPSA) is 95.2 Å². The molecule has 4 rings (SSSR count). The van der Waals surface area contributed by atoms with Gasteiger partial charge in [0.2, 0.25) is 5.91 Å². The van der Waals surface area contributed by atoms with Gasteiger partial charge in [-0.25, -0.2) is 4.79 Å². The fraction of sp³-hybridized carbons (Fsp3) is 0.360. The van der Waals surface area contributed by atoms with E-state index in [4.69, 9.17) is 4.74 Å². The summed E-state index contributed by atoms with van der Waals surface area (Å²) in [5.41, 5.74) is 2.43. The van der Waals surface area contributed by atoms with Crippen LogP contribution in [0.25, 0.3) is 10.9 Å². The summed E-state index contributed by atoms with van der Waals surface area (Å²) >= 11 is 0. The van der Waals surface area contributed by atoms with Crippen LogP contribution in [0.1, 0.15) is 37.9 Å². The van der Waals surface area contributed by atoms with Crippen LogP contribution < -0.4 is 16.0 Å². The number of nitrogens with one attached hydrogen (secondary N) is 4. The summed E-state index contributed by atoms with van der Waals surface area (Å²) in [4.78, 5) is 28.5. The SMILES string of the molecule is CC(C)(C)OC(=O)N[C@@H](Cc1c[nH]c2ccccc12)[C@H]1CNC(=O)[C@H](c2ccccc2)N1. The average molecular weight is 435 g/mol. The Bertz CT molecular complexity index is 1090. The highest BCUT2D eigenvalue weighted by Gasteiger charge is 2.35. The van der Waals surface area contributed by atoms with E-state index < -0.39 is 17.7 Å². The van der Waals surface area contributed by atoms with Crippen LogP contribution in [0.5, 0.6) is 0 Å². The van der Waals surface area contributed by atoms with Crippen LogP contribution in [0.2, 0.25) is 0 Å². The molecule has 1 aliphatic heterocycles. The Morgan fingerprint density at radius 3 is 2.59 bits per heavy atom. The number of carbonyl (C=O) groups is 2. The predicted octanol–water partition coefficient (Wildman–Crippen LogP) is 3.43. The zero-order chi connectivity index (χ0) is 22.7. The average Bonchev–Trinajstić information content (AvgIpc) is 3.16. The van der Waals surface area contributed by atoms with E-state index >= 15 is 0 Å². The molecule has 2 aromatic carbocycles. The van der Waals surface area contributed by atoms with Crippen LogP contribution in [0.4, 0.5) is 4.79 Å². The number of alkyl carbamates (subject to hydrolysis) is 1. The number of para-hydroxylation sites is 1. The van der Waals surface area contributed by atoms with Crippen LogP contribution in [0, 0.1) is 0 Å². The minimum absolute atomic E-state index is 0.0736. The van der Waals surface area contributed by atoms with E-state index in [1.807, 2.05) is 75.5 Å². The van der Waals surface area contributed by atoms with Crippen molar-refractivity contribution in [3.63, 3.8) is 0 Å². The molecule has 168 valence electrons. The van der Waals surface area contributed by atoms with Gasteiger partial charge in [-0.05, 0) is 44.4 Å². The van der Waals surface area contributed by atoms with Crippen molar-refractivity contribution in [2.24, 2.45) is 0 Å². The summed E-state index contributed by atoms with van der Waals surface area (Å²) in [6.07, 6.45) is 2.08. The van der Waals surface area contributed by atoms with Crippen molar-refractivity contribution in [1.82, 2.24) is 20.9 Å². The van der Waals surface area contributed by atoms with Crippen molar-refractivity contribution in [2.75, 3.05) is 6.54 Å². The van der Waals surface area contributed by atoms with Crippen molar-refractivity contribution in [1.29, 1.82) is 0 Å². The van der Waals surface area contributed by atoms with Gasteiger partial charge in [0.05, 0.1) is 6.04 Å². The van der Waals surface area contributed by atoms with Crippen molar-refractivity contribution in [3.8, 4) is 0 Å². The minimum atomic E-state index is -0.601. The molecule has 3 aromatic rings. The maximum Gasteiger partial charge on any atom is 0.407 e. The molecular weight excluding hydrogens is 404 g/mol. The number of hydrogen-bond acceptors (Lipinski definition) is 4. The summed E-state index contributed by atoms with van der Waals surface area (Å²) < 4.78 is 5.53. The molecule has 1 aromatic heterocycles. The quantitative estimate of drug-likeness (QED) is 0.495. The van der Waals surface area contributed by atoms with Crippen LogP contribution >= 0.6 is 0 Å². The molecular formula is C25H30N4O3. The second kappa shape index (κ2) is 9.04. The maximum atomic E-state index is 12.7. The minimum Gasteiger partial charge on any atom is -0.444 e. The van der Waals surface area contributed by atoms with Crippen molar-refractivity contribution in [2.45, 2.75) is 50.9 Å². The molecule has 0 aliphatic carbocycles. The van der Waals surface area contributed by atoms with Crippen LogP contribution in [0.15, 0.2) is 60.8 Å². The first-order valence-corrected chi connectivity index (χ1v) is 10.9. The number of hydrogen-bond donors (Lipinski definition) is 4. The summed E-state index contributed by atoms with van der Waals surface area (Å²) in [5.74, 6) is -0.0736. The van der Waals surface area contributed by atoms with E-state index in [2.05, 4.69) is 27.0 Å². The van der Waals surface area contributed by atoms with Gasteiger partial charge in [0.15, 0.2) is 0 Å². The van der Waals surface area contributed by atoms with Gasteiger partial charge in [-0.15, -0.1) is 0 Å². The Labute approximate surface area is 187 Å². The molecule has 1 fully saturated rings. The molecule has 0 spiro atoms. The third-order valence-corrected chi connectivity index (χ3v) is 5.57. The lowest BCUT2D eigenvalue weighted by Gasteiger charge is -2.36. The number of benzene rings is 2. The predicted molar refractivity (Wildman–Crippen MR) is 124 cm³/mol. The standard InChI is InChI=1S/C25H30N4O3/c1-25(2,3)32-24(31)29-20(13-17-14-26-19-12-8-7-11-18(17)19)21-15-27-23(30)22(28-21)16-9-5-4-6-10-16/h4-12,14,20-22,26,28H,13,15H2,1-3H3,(H,27,30)(H,29,31)/t20-,21+,22-/m0/s1. The molecule has 1 saturated heterocycles. The molecule has 0 saturated carbocycles. The molecule has 1 aliphatic rings. The molecule has 4 N–H and O–H groups in total. The van der Waals surface area contributed by atoms with Crippen LogP contribution in [-0.2, 0) is 16.0 Å². The van der Waals surface area contributed by atoms with E-state index in [0.717, 1.165) is 22.0 Å². The molecule has 7 heteroatoms. The van der Waals surface area contributed by atoms with Gasteiger partial charge in [0.1, 0.15) is 11.6 Å². The van der Waals surface area contributed by atoms with Gasteiger partial charge in [0.25, 0.3) is 0 Å². The van der Waals surface area contributed by atoms with Gasteiger partial charge < -0.3 is 20.4 Å². The lowest BCUT2D eigenvalue weighted by atomic mass is 9.94. The molecule has 2 heterocycles. The Balaban J connectivity index is 1.59. The number of amides is 2. The van der Waals surface area contributed by atoms with E-state index in [1.165, 1.54) is 0 Å². The largest absolute Gasteiger partial charge is 0.444 e. The van der Waals surface area contributed by atoms with Crippen LogP contribution in [-0.4, -0.2) is 41.2 Å². The Hall–Kier alpha value is -3.32. The first-order valence-electron chi connectivity index (χ1n) is 10.9. The lowest BCUT2D eigenvalue weighted by Crippen LogP contribution is -2.62. The smallest absolute Gasteiger partial charge is 0.407 e. The van der Waals surface area contributed by atoms with E-state index in [9.17, 15) is 9.59 Å². The number of piperazine rings is 1. The highest BCUT2D eigenvalue weighted by Crippen LogP contribution is 2.23. The highest BCUT2D eigenvalue weighted by molar-refractivity contribution is 5.84. The molecule has 7 nitrogen and oxygen atoms in total. The third kappa shape index (κ3) is 5.11. The molecule has 0 radical (unpaired) electrons.